The predicted octanol–water partition coefficient (Wildman–Crippen LogP) is 4.68. The van der Waals surface area contributed by atoms with E-state index in [-0.39, 0.29) is 0 Å². The average Bonchev–Trinajstić information content (AvgIpc) is 2.52. The Balaban J connectivity index is 2.41. The largest absolute Gasteiger partial charge is 0.507 e. The van der Waals surface area contributed by atoms with Crippen LogP contribution < -0.4 is 0 Å². The Bertz CT molecular complexity index is 647. The van der Waals surface area contributed by atoms with Crippen LogP contribution in [0.5, 0.6) is 11.5 Å². The van der Waals surface area contributed by atoms with E-state index in [2.05, 4.69) is 45.0 Å². The number of phenols is 2. The summed E-state index contributed by atoms with van der Waals surface area (Å²) in [5, 5.41) is 20.3. The molecule has 2 rings (SSSR count). The van der Waals surface area contributed by atoms with E-state index in [4.69, 9.17) is 0 Å². The molecule has 2 nitrogen and oxygen atoms in total. The van der Waals surface area contributed by atoms with E-state index in [1.54, 1.807) is 0 Å². The molecule has 2 aromatic carbocycles. The molecule has 2 N–H and O–H groups in total. The Morgan fingerprint density at radius 1 is 0.682 bits per heavy atom. The second-order valence-electron chi connectivity index (χ2n) is 5.92. The van der Waals surface area contributed by atoms with Crippen molar-refractivity contribution in [3.05, 3.63) is 57.6 Å². The number of aryl methyl sites for hydroxylation is 4. The van der Waals surface area contributed by atoms with Gasteiger partial charge in [-0.1, -0.05) is 45.0 Å². The van der Waals surface area contributed by atoms with E-state index in [0.29, 0.717) is 11.5 Å². The van der Waals surface area contributed by atoms with Gasteiger partial charge >= 0.3 is 0 Å². The van der Waals surface area contributed by atoms with Crippen LogP contribution in [0.3, 0.4) is 0 Å². The van der Waals surface area contributed by atoms with Gasteiger partial charge in [0.15, 0.2) is 0 Å². The molecular weight excluding hydrogens is 272 g/mol. The van der Waals surface area contributed by atoms with Crippen molar-refractivity contribution in [3.8, 4) is 11.5 Å². The molecule has 0 unspecified atom stereocenters. The van der Waals surface area contributed by atoms with Crippen LogP contribution in [0.1, 0.15) is 54.2 Å². The molecule has 2 aromatic rings. The van der Waals surface area contributed by atoms with Gasteiger partial charge in [-0.25, -0.2) is 0 Å². The lowest BCUT2D eigenvalue weighted by Crippen LogP contribution is -1.97. The maximum absolute atomic E-state index is 10.2. The van der Waals surface area contributed by atoms with E-state index in [0.717, 1.165) is 47.9 Å². The van der Waals surface area contributed by atoms with Crippen molar-refractivity contribution < 1.29 is 10.2 Å². The van der Waals surface area contributed by atoms with Crippen LogP contribution in [0.25, 0.3) is 0 Å². The first-order valence-electron chi connectivity index (χ1n) is 8.15. The lowest BCUT2D eigenvalue weighted by Gasteiger charge is -2.13. The van der Waals surface area contributed by atoms with E-state index < -0.39 is 0 Å². The number of phenolic OH excluding ortho intramolecular Hbond substituents is 2. The fourth-order valence-corrected chi connectivity index (χ4v) is 3.01. The van der Waals surface area contributed by atoms with Gasteiger partial charge in [0.25, 0.3) is 0 Å². The molecule has 118 valence electrons. The van der Waals surface area contributed by atoms with E-state index in [1.807, 2.05) is 6.92 Å². The zero-order valence-electron chi connectivity index (χ0n) is 14.0. The standard InChI is InChI=1S/C20H26O2/c1-5-16-10-14(8-13(4)19(16)21)9-15-11-17(6-2)20(22)18(7-3)12-15/h8,10-12,21-22H,5-7,9H2,1-4H3. The molecular formula is C20H26O2. The molecule has 0 atom stereocenters. The van der Waals surface area contributed by atoms with Crippen LogP contribution in [-0.4, -0.2) is 10.2 Å². The summed E-state index contributed by atoms with van der Waals surface area (Å²) in [5.74, 6) is 0.866. The molecule has 0 aliphatic rings. The second kappa shape index (κ2) is 6.87. The molecule has 0 radical (unpaired) electrons. The van der Waals surface area contributed by atoms with Crippen molar-refractivity contribution in [2.75, 3.05) is 0 Å². The molecule has 0 saturated heterocycles. The number of hydrogen-bond acceptors (Lipinski definition) is 2. The number of hydrogen-bond donors (Lipinski definition) is 2. The molecule has 0 heterocycles. The van der Waals surface area contributed by atoms with Crippen molar-refractivity contribution in [1.82, 2.24) is 0 Å². The quantitative estimate of drug-likeness (QED) is 0.841. The smallest absolute Gasteiger partial charge is 0.121 e. The number of rotatable bonds is 5. The van der Waals surface area contributed by atoms with Crippen LogP contribution in [-0.2, 0) is 25.7 Å². The maximum atomic E-state index is 10.2. The molecule has 0 amide bonds. The van der Waals surface area contributed by atoms with Gasteiger partial charge in [-0.2, -0.15) is 0 Å². The van der Waals surface area contributed by atoms with Crippen LogP contribution in [0.15, 0.2) is 24.3 Å². The number of benzene rings is 2. The molecule has 0 spiro atoms. The summed E-state index contributed by atoms with van der Waals surface area (Å²) in [4.78, 5) is 0. The molecule has 0 aliphatic carbocycles. The highest BCUT2D eigenvalue weighted by atomic mass is 16.3. The minimum atomic E-state index is 0.417. The Morgan fingerprint density at radius 3 is 1.55 bits per heavy atom. The minimum absolute atomic E-state index is 0.417. The summed E-state index contributed by atoms with van der Waals surface area (Å²) in [6.07, 6.45) is 3.33. The summed E-state index contributed by atoms with van der Waals surface area (Å²) in [6.45, 7) is 8.14. The van der Waals surface area contributed by atoms with Crippen molar-refractivity contribution in [2.24, 2.45) is 0 Å². The summed E-state index contributed by atoms with van der Waals surface area (Å²) >= 11 is 0. The van der Waals surface area contributed by atoms with Gasteiger partial charge in [0.2, 0.25) is 0 Å². The van der Waals surface area contributed by atoms with Gasteiger partial charge in [-0.05, 0) is 66.0 Å². The molecule has 0 aromatic heterocycles. The molecule has 0 fully saturated rings. The third-order valence-corrected chi connectivity index (χ3v) is 4.32. The van der Waals surface area contributed by atoms with Gasteiger partial charge in [0, 0.05) is 0 Å². The lowest BCUT2D eigenvalue weighted by molar-refractivity contribution is 0.462. The van der Waals surface area contributed by atoms with Crippen LogP contribution in [0.2, 0.25) is 0 Å². The van der Waals surface area contributed by atoms with Gasteiger partial charge in [0.05, 0.1) is 0 Å². The Morgan fingerprint density at radius 2 is 1.09 bits per heavy atom. The topological polar surface area (TPSA) is 40.5 Å². The van der Waals surface area contributed by atoms with Crippen molar-refractivity contribution in [1.29, 1.82) is 0 Å². The summed E-state index contributed by atoms with van der Waals surface area (Å²) in [7, 11) is 0. The molecule has 0 aliphatic heterocycles. The molecule has 2 heteroatoms. The fraction of sp³-hybridized carbons (Fsp3) is 0.400. The average molecular weight is 298 g/mol. The van der Waals surface area contributed by atoms with E-state index in [9.17, 15) is 10.2 Å². The second-order valence-corrected chi connectivity index (χ2v) is 5.92. The van der Waals surface area contributed by atoms with Gasteiger partial charge in [-0.15, -0.1) is 0 Å². The van der Waals surface area contributed by atoms with Gasteiger partial charge in [-0.3, -0.25) is 0 Å². The third kappa shape index (κ3) is 3.27. The summed E-state index contributed by atoms with van der Waals surface area (Å²) in [5.41, 5.74) is 6.39. The fourth-order valence-electron chi connectivity index (χ4n) is 3.01. The number of aromatic hydroxyl groups is 2. The zero-order valence-corrected chi connectivity index (χ0v) is 14.0. The first-order valence-corrected chi connectivity index (χ1v) is 8.15. The highest BCUT2D eigenvalue weighted by Crippen LogP contribution is 2.29. The van der Waals surface area contributed by atoms with Crippen molar-refractivity contribution >= 4 is 0 Å². The molecule has 0 saturated carbocycles. The summed E-state index contributed by atoms with van der Waals surface area (Å²) < 4.78 is 0. The zero-order chi connectivity index (χ0) is 16.3. The Labute approximate surface area is 133 Å². The highest BCUT2D eigenvalue weighted by molar-refractivity contribution is 5.47. The van der Waals surface area contributed by atoms with Gasteiger partial charge < -0.3 is 10.2 Å². The van der Waals surface area contributed by atoms with Crippen LogP contribution in [0, 0.1) is 6.92 Å². The minimum Gasteiger partial charge on any atom is -0.507 e. The van der Waals surface area contributed by atoms with Crippen LogP contribution >= 0.6 is 0 Å². The van der Waals surface area contributed by atoms with E-state index >= 15 is 0 Å². The van der Waals surface area contributed by atoms with E-state index in [1.165, 1.54) is 11.1 Å². The Kier molecular flexibility index (Phi) is 5.12. The maximum Gasteiger partial charge on any atom is 0.121 e. The van der Waals surface area contributed by atoms with Crippen LogP contribution in [0.4, 0.5) is 0 Å². The van der Waals surface area contributed by atoms with Gasteiger partial charge in [0.1, 0.15) is 11.5 Å². The SMILES string of the molecule is CCc1cc(Cc2cc(CC)c(O)c(CC)c2)cc(C)c1O. The normalized spacial score (nSPS) is 10.9. The highest BCUT2D eigenvalue weighted by Gasteiger charge is 2.10. The van der Waals surface area contributed by atoms with Crippen molar-refractivity contribution in [2.45, 2.75) is 53.4 Å². The Hall–Kier alpha value is -1.96. The molecule has 22 heavy (non-hydrogen) atoms. The third-order valence-electron chi connectivity index (χ3n) is 4.32. The van der Waals surface area contributed by atoms with Crippen molar-refractivity contribution in [3.63, 3.8) is 0 Å². The first-order chi connectivity index (χ1) is 10.5. The lowest BCUT2D eigenvalue weighted by atomic mass is 9.94. The molecule has 0 bridgehead atoms. The first kappa shape index (κ1) is 16.4. The monoisotopic (exact) mass is 298 g/mol. The summed E-state index contributed by atoms with van der Waals surface area (Å²) in [6, 6.07) is 8.34. The predicted molar refractivity (Wildman–Crippen MR) is 91.9 cm³/mol.